The van der Waals surface area contributed by atoms with Gasteiger partial charge in [-0.15, -0.1) is 11.6 Å². The Hall–Kier alpha value is -1.55. The third-order valence-electron chi connectivity index (χ3n) is 6.82. The minimum Gasteiger partial charge on any atom is -0.347 e. The van der Waals surface area contributed by atoms with Gasteiger partial charge < -0.3 is 10.6 Å². The summed E-state index contributed by atoms with van der Waals surface area (Å²) < 4.78 is 0. The first-order valence-corrected chi connectivity index (χ1v) is 10.4. The van der Waals surface area contributed by atoms with Gasteiger partial charge in [0.2, 0.25) is 11.8 Å². The van der Waals surface area contributed by atoms with Gasteiger partial charge in [0.25, 0.3) is 0 Å². The lowest BCUT2D eigenvalue weighted by atomic mass is 9.49. The van der Waals surface area contributed by atoms with Crippen molar-refractivity contribution >= 4 is 29.1 Å². The molecule has 4 bridgehead atoms. The van der Waals surface area contributed by atoms with Crippen molar-refractivity contribution in [2.24, 2.45) is 17.3 Å². The van der Waals surface area contributed by atoms with Gasteiger partial charge in [0.05, 0.1) is 12.0 Å². The lowest BCUT2D eigenvalue weighted by Crippen LogP contribution is -2.58. The Labute approximate surface area is 166 Å². The molecular weight excluding hydrogens is 360 g/mol. The van der Waals surface area contributed by atoms with Gasteiger partial charge in [-0.3, -0.25) is 9.59 Å². The summed E-state index contributed by atoms with van der Waals surface area (Å²) in [6, 6.07) is 4.10. The van der Waals surface area contributed by atoms with E-state index in [0.717, 1.165) is 48.9 Å². The Bertz CT molecular complexity index is 766. The Balaban J connectivity index is 1.39. The summed E-state index contributed by atoms with van der Waals surface area (Å²) in [5.74, 6) is 0.986. The van der Waals surface area contributed by atoms with Crippen LogP contribution in [0.5, 0.6) is 0 Å². The molecule has 0 saturated heterocycles. The maximum absolute atomic E-state index is 13.0. The van der Waals surface area contributed by atoms with E-state index in [4.69, 9.17) is 11.6 Å². The van der Waals surface area contributed by atoms with Crippen molar-refractivity contribution in [1.29, 1.82) is 0 Å². The van der Waals surface area contributed by atoms with E-state index in [1.165, 1.54) is 12.0 Å². The molecule has 4 nitrogen and oxygen atoms in total. The number of carbonyl (C=O) groups excluding carboxylic acids is 2. The van der Waals surface area contributed by atoms with Crippen molar-refractivity contribution in [3.63, 3.8) is 0 Å². The summed E-state index contributed by atoms with van der Waals surface area (Å²) in [5.41, 5.74) is 3.74. The van der Waals surface area contributed by atoms with Gasteiger partial charge in [-0.1, -0.05) is 17.7 Å². The molecule has 4 aliphatic carbocycles. The summed E-state index contributed by atoms with van der Waals surface area (Å²) in [4.78, 5) is 25.3. The molecule has 2 amide bonds. The molecule has 0 aliphatic heterocycles. The number of carbonyl (C=O) groups is 2. The Kier molecular flexibility index (Phi) is 4.53. The first-order valence-electron chi connectivity index (χ1n) is 10.0. The lowest BCUT2D eigenvalue weighted by molar-refractivity contribution is -0.145. The molecule has 27 heavy (non-hydrogen) atoms. The maximum Gasteiger partial charge on any atom is 0.243 e. The smallest absolute Gasteiger partial charge is 0.243 e. The molecule has 1 aromatic carbocycles. The van der Waals surface area contributed by atoms with E-state index in [0.29, 0.717) is 11.8 Å². The van der Waals surface area contributed by atoms with Crippen LogP contribution in [0.3, 0.4) is 0 Å². The number of alkyl halides is 1. The van der Waals surface area contributed by atoms with Gasteiger partial charge in [0.1, 0.15) is 0 Å². The van der Waals surface area contributed by atoms with Gasteiger partial charge in [-0.25, -0.2) is 0 Å². The number of hydrogen-bond donors (Lipinski definition) is 2. The molecule has 1 aromatic rings. The summed E-state index contributed by atoms with van der Waals surface area (Å²) >= 11 is 6.82. The minimum absolute atomic E-state index is 0.0119. The average molecular weight is 389 g/mol. The highest BCUT2D eigenvalue weighted by atomic mass is 35.5. The molecule has 2 unspecified atom stereocenters. The topological polar surface area (TPSA) is 58.2 Å². The first kappa shape index (κ1) is 18.8. The molecule has 0 aromatic heterocycles. The molecule has 2 N–H and O–H groups in total. The largest absolute Gasteiger partial charge is 0.347 e. The minimum atomic E-state index is -0.359. The maximum atomic E-state index is 13.0. The molecule has 146 valence electrons. The molecule has 5 rings (SSSR count). The van der Waals surface area contributed by atoms with E-state index in [1.54, 1.807) is 0 Å². The van der Waals surface area contributed by atoms with E-state index in [-0.39, 0.29) is 28.6 Å². The SMILES string of the molecule is Cc1cc(C)c(NC(=O)CNC(=O)C23CC4CC(CC(Cl)(C4)C2)C3)c(C)c1. The molecule has 4 aliphatic rings. The fourth-order valence-electron chi connectivity index (χ4n) is 6.33. The Morgan fingerprint density at radius 2 is 1.67 bits per heavy atom. The van der Waals surface area contributed by atoms with Gasteiger partial charge in [0, 0.05) is 10.6 Å². The highest BCUT2D eigenvalue weighted by Crippen LogP contribution is 2.63. The van der Waals surface area contributed by atoms with Crippen LogP contribution in [-0.4, -0.2) is 23.2 Å². The van der Waals surface area contributed by atoms with Crippen LogP contribution in [0.15, 0.2) is 12.1 Å². The standard InChI is InChI=1S/C22H29ClN2O2/c1-13-4-14(2)19(15(3)5-13)25-18(26)11-24-20(27)21-7-16-6-17(8-21)10-22(23,9-16)12-21/h4-5,16-17H,6-12H2,1-3H3,(H,24,27)(H,25,26). The van der Waals surface area contributed by atoms with Gasteiger partial charge in [0.15, 0.2) is 0 Å². The second-order valence-corrected chi connectivity index (χ2v) is 10.2. The fraction of sp³-hybridized carbons (Fsp3) is 0.636. The molecule has 4 saturated carbocycles. The Morgan fingerprint density at radius 3 is 2.22 bits per heavy atom. The number of rotatable bonds is 4. The zero-order valence-corrected chi connectivity index (χ0v) is 17.2. The van der Waals surface area contributed by atoms with Crippen molar-refractivity contribution < 1.29 is 9.59 Å². The van der Waals surface area contributed by atoms with Crippen molar-refractivity contribution in [3.8, 4) is 0 Å². The normalized spacial score (nSPS) is 33.8. The Morgan fingerprint density at radius 1 is 1.07 bits per heavy atom. The second-order valence-electron chi connectivity index (χ2n) is 9.40. The molecule has 4 fully saturated rings. The number of halogens is 1. The highest BCUT2D eigenvalue weighted by Gasteiger charge is 2.60. The van der Waals surface area contributed by atoms with E-state index < -0.39 is 0 Å². The summed E-state index contributed by atoms with van der Waals surface area (Å²) in [6.07, 6.45) is 5.94. The van der Waals surface area contributed by atoms with Crippen molar-refractivity contribution in [2.75, 3.05) is 11.9 Å². The third-order valence-corrected chi connectivity index (χ3v) is 7.26. The predicted molar refractivity (Wildman–Crippen MR) is 108 cm³/mol. The number of benzene rings is 1. The fourth-order valence-corrected chi connectivity index (χ4v) is 7.02. The number of aryl methyl sites for hydroxylation is 3. The zero-order valence-electron chi connectivity index (χ0n) is 16.5. The van der Waals surface area contributed by atoms with Crippen LogP contribution in [0.4, 0.5) is 5.69 Å². The lowest BCUT2D eigenvalue weighted by Gasteiger charge is -2.59. The van der Waals surface area contributed by atoms with Crippen LogP contribution in [0.1, 0.15) is 55.2 Å². The number of anilines is 1. The number of amides is 2. The van der Waals surface area contributed by atoms with Crippen LogP contribution in [0.25, 0.3) is 0 Å². The van der Waals surface area contributed by atoms with Gasteiger partial charge in [-0.2, -0.15) is 0 Å². The number of hydrogen-bond acceptors (Lipinski definition) is 2. The molecule has 2 atom stereocenters. The molecule has 5 heteroatoms. The van der Waals surface area contributed by atoms with Crippen molar-refractivity contribution in [3.05, 3.63) is 28.8 Å². The first-order chi connectivity index (χ1) is 12.7. The summed E-state index contributed by atoms with van der Waals surface area (Å²) in [6.45, 7) is 6.03. The second kappa shape index (κ2) is 6.51. The van der Waals surface area contributed by atoms with Crippen LogP contribution >= 0.6 is 11.6 Å². The zero-order chi connectivity index (χ0) is 19.4. The van der Waals surface area contributed by atoms with Crippen LogP contribution < -0.4 is 10.6 Å². The quantitative estimate of drug-likeness (QED) is 0.758. The van der Waals surface area contributed by atoms with Gasteiger partial charge >= 0.3 is 0 Å². The summed E-state index contributed by atoms with van der Waals surface area (Å²) in [5, 5.41) is 5.88. The van der Waals surface area contributed by atoms with E-state index in [9.17, 15) is 9.59 Å². The third kappa shape index (κ3) is 3.49. The molecular formula is C22H29ClN2O2. The van der Waals surface area contributed by atoms with Crippen LogP contribution in [-0.2, 0) is 9.59 Å². The van der Waals surface area contributed by atoms with E-state index in [1.807, 2.05) is 20.8 Å². The van der Waals surface area contributed by atoms with Crippen LogP contribution in [0.2, 0.25) is 0 Å². The van der Waals surface area contributed by atoms with Crippen LogP contribution in [0, 0.1) is 38.0 Å². The summed E-state index contributed by atoms with van der Waals surface area (Å²) in [7, 11) is 0. The van der Waals surface area contributed by atoms with E-state index in [2.05, 4.69) is 22.8 Å². The number of nitrogens with one attached hydrogen (secondary N) is 2. The monoisotopic (exact) mass is 388 g/mol. The highest BCUT2D eigenvalue weighted by molar-refractivity contribution is 6.24. The average Bonchev–Trinajstić information content (AvgIpc) is 2.53. The van der Waals surface area contributed by atoms with Crippen molar-refractivity contribution in [2.45, 2.75) is 64.2 Å². The van der Waals surface area contributed by atoms with E-state index >= 15 is 0 Å². The van der Waals surface area contributed by atoms with Crippen molar-refractivity contribution in [1.82, 2.24) is 5.32 Å². The molecule has 0 radical (unpaired) electrons. The molecule has 0 heterocycles. The van der Waals surface area contributed by atoms with Gasteiger partial charge in [-0.05, 0) is 82.3 Å². The molecule has 0 spiro atoms. The predicted octanol–water partition coefficient (Wildman–Crippen LogP) is 4.24.